The van der Waals surface area contributed by atoms with Crippen LogP contribution in [0, 0.1) is 6.92 Å². The minimum absolute atomic E-state index is 0.162. The van der Waals surface area contributed by atoms with Crippen molar-refractivity contribution in [2.24, 2.45) is 12.0 Å². The van der Waals surface area contributed by atoms with Gasteiger partial charge in [-0.15, -0.1) is 0 Å². The van der Waals surface area contributed by atoms with Crippen LogP contribution in [-0.2, 0) is 11.9 Å². The van der Waals surface area contributed by atoms with Gasteiger partial charge >= 0.3 is 0 Å². The van der Waals surface area contributed by atoms with Crippen molar-refractivity contribution in [1.82, 2.24) is 29.6 Å². The molecule has 9 nitrogen and oxygen atoms in total. The van der Waals surface area contributed by atoms with Gasteiger partial charge in [0.25, 0.3) is 0 Å². The summed E-state index contributed by atoms with van der Waals surface area (Å²) < 4.78 is 9.51. The van der Waals surface area contributed by atoms with E-state index in [1.807, 2.05) is 43.1 Å². The highest BCUT2D eigenvalue weighted by Gasteiger charge is 2.27. The van der Waals surface area contributed by atoms with E-state index >= 15 is 0 Å². The van der Waals surface area contributed by atoms with E-state index in [4.69, 9.17) is 19.6 Å². The first-order chi connectivity index (χ1) is 16.1. The molecule has 1 aliphatic heterocycles. The first kappa shape index (κ1) is 19.9. The van der Waals surface area contributed by atoms with E-state index in [0.717, 1.165) is 28.0 Å². The van der Waals surface area contributed by atoms with E-state index in [2.05, 4.69) is 32.3 Å². The maximum atomic E-state index is 5.74. The average molecular weight is 444 g/mol. The monoisotopic (exact) mass is 443 g/mol. The minimum atomic E-state index is -0.162. The number of pyridine rings is 2. The Balaban J connectivity index is 1.37. The number of amidine groups is 1. The standard InChI is InChI=1S/C24H25N7O2/c1-14-10-31(13-26-14)21-7-6-19(28-24(21)32-3)22-27-20(12-33-29-22)18-11-30(2)23-17(18)8-16(9-25-23)15-4-5-15/h6-11,13,15,20H,4-5,12H2,1-3H3,(H,27,29). The smallest absolute Gasteiger partial charge is 0.238 e. The quantitative estimate of drug-likeness (QED) is 0.509. The lowest BCUT2D eigenvalue weighted by molar-refractivity contribution is 0.0623. The molecule has 4 aromatic heterocycles. The van der Waals surface area contributed by atoms with Crippen LogP contribution in [0.15, 0.2) is 48.1 Å². The van der Waals surface area contributed by atoms with Crippen LogP contribution >= 0.6 is 0 Å². The zero-order valence-electron chi connectivity index (χ0n) is 18.8. The number of ether oxygens (including phenoxy) is 1. The molecule has 1 fully saturated rings. The molecular formula is C24H25N7O2. The Bertz CT molecular complexity index is 1380. The summed E-state index contributed by atoms with van der Waals surface area (Å²) in [6.45, 7) is 2.37. The molecule has 0 radical (unpaired) electrons. The van der Waals surface area contributed by atoms with Gasteiger partial charge in [-0.05, 0) is 49.4 Å². The van der Waals surface area contributed by atoms with E-state index in [-0.39, 0.29) is 6.04 Å². The molecule has 4 aromatic rings. The molecule has 168 valence electrons. The number of imidazole rings is 1. The Labute approximate surface area is 191 Å². The van der Waals surface area contributed by atoms with Gasteiger partial charge in [0.15, 0.2) is 5.84 Å². The zero-order valence-corrected chi connectivity index (χ0v) is 18.8. The first-order valence-corrected chi connectivity index (χ1v) is 11.1. The number of rotatable bonds is 5. The number of hydrogen-bond donors (Lipinski definition) is 1. The van der Waals surface area contributed by atoms with Gasteiger partial charge in [0.05, 0.1) is 19.1 Å². The van der Waals surface area contributed by atoms with Crippen LogP contribution in [0.1, 0.15) is 47.3 Å². The maximum absolute atomic E-state index is 5.74. The van der Waals surface area contributed by atoms with E-state index in [9.17, 15) is 0 Å². The Morgan fingerprint density at radius 1 is 1.18 bits per heavy atom. The highest BCUT2D eigenvalue weighted by atomic mass is 16.6. The summed E-state index contributed by atoms with van der Waals surface area (Å²) in [5.41, 5.74) is 8.70. The third-order valence-corrected chi connectivity index (χ3v) is 6.23. The van der Waals surface area contributed by atoms with Crippen LogP contribution < -0.4 is 10.2 Å². The fourth-order valence-corrected chi connectivity index (χ4v) is 4.36. The number of aliphatic imine (C=N–C) groups is 1. The molecule has 5 heterocycles. The lowest BCUT2D eigenvalue weighted by atomic mass is 10.1. The van der Waals surface area contributed by atoms with Crippen LogP contribution in [0.3, 0.4) is 0 Å². The summed E-state index contributed by atoms with van der Waals surface area (Å²) in [5.74, 6) is 1.70. The summed E-state index contributed by atoms with van der Waals surface area (Å²) in [4.78, 5) is 24.4. The molecule has 9 heteroatoms. The molecule has 0 spiro atoms. The Kier molecular flexibility index (Phi) is 4.65. The third kappa shape index (κ3) is 3.54. The van der Waals surface area contributed by atoms with Crippen molar-refractivity contribution >= 4 is 16.9 Å². The molecular weight excluding hydrogens is 418 g/mol. The first-order valence-electron chi connectivity index (χ1n) is 11.1. The highest BCUT2D eigenvalue weighted by molar-refractivity contribution is 5.97. The van der Waals surface area contributed by atoms with Crippen molar-refractivity contribution in [2.45, 2.75) is 31.7 Å². The van der Waals surface area contributed by atoms with Crippen molar-refractivity contribution in [3.05, 3.63) is 65.6 Å². The van der Waals surface area contributed by atoms with Gasteiger partial charge in [0.1, 0.15) is 29.7 Å². The van der Waals surface area contributed by atoms with Gasteiger partial charge in [-0.2, -0.15) is 0 Å². The van der Waals surface area contributed by atoms with Crippen molar-refractivity contribution in [3.63, 3.8) is 0 Å². The fraction of sp³-hybridized carbons (Fsp3) is 0.333. The van der Waals surface area contributed by atoms with Gasteiger partial charge < -0.3 is 13.9 Å². The second-order valence-corrected chi connectivity index (χ2v) is 8.66. The number of fused-ring (bicyclic) bond motifs is 1. The Hall–Kier alpha value is -3.72. The second-order valence-electron chi connectivity index (χ2n) is 8.66. The topological polar surface area (TPSA) is 91.4 Å². The van der Waals surface area contributed by atoms with Crippen LogP contribution in [0.2, 0.25) is 0 Å². The lowest BCUT2D eigenvalue weighted by Crippen LogP contribution is -2.33. The second kappa shape index (κ2) is 7.70. The summed E-state index contributed by atoms with van der Waals surface area (Å²) in [6.07, 6.45) is 10.3. The number of nitrogens with one attached hydrogen (secondary N) is 1. The summed E-state index contributed by atoms with van der Waals surface area (Å²) >= 11 is 0. The number of aryl methyl sites for hydroxylation is 2. The molecule has 2 aliphatic rings. The Morgan fingerprint density at radius 2 is 2.06 bits per heavy atom. The number of methoxy groups -OCH3 is 1. The van der Waals surface area contributed by atoms with Gasteiger partial charge in [-0.25, -0.2) is 20.4 Å². The van der Waals surface area contributed by atoms with E-state index in [1.54, 1.807) is 13.4 Å². The summed E-state index contributed by atoms with van der Waals surface area (Å²) in [5, 5.41) is 1.14. The van der Waals surface area contributed by atoms with Gasteiger partial charge in [0, 0.05) is 36.6 Å². The molecule has 0 bridgehead atoms. The van der Waals surface area contributed by atoms with E-state index < -0.39 is 0 Å². The highest BCUT2D eigenvalue weighted by Crippen LogP contribution is 2.41. The molecule has 6 rings (SSSR count). The SMILES string of the molecule is COc1nc(C2=NC(c3cn(C)c4ncc(C5CC5)cc34)CON2)ccc1-n1cnc(C)c1. The molecule has 1 N–H and O–H groups in total. The van der Waals surface area contributed by atoms with Gasteiger partial charge in [-0.1, -0.05) is 0 Å². The fourth-order valence-electron chi connectivity index (χ4n) is 4.36. The van der Waals surface area contributed by atoms with E-state index in [0.29, 0.717) is 29.9 Å². The summed E-state index contributed by atoms with van der Waals surface area (Å²) in [6, 6.07) is 5.96. The molecule has 1 aliphatic carbocycles. The number of nitrogens with zero attached hydrogens (tertiary/aromatic N) is 6. The van der Waals surface area contributed by atoms with Gasteiger partial charge in [0.2, 0.25) is 5.88 Å². The van der Waals surface area contributed by atoms with Crippen molar-refractivity contribution in [1.29, 1.82) is 0 Å². The van der Waals surface area contributed by atoms with Crippen molar-refractivity contribution in [3.8, 4) is 11.6 Å². The Morgan fingerprint density at radius 3 is 2.82 bits per heavy atom. The van der Waals surface area contributed by atoms with Crippen molar-refractivity contribution < 1.29 is 9.57 Å². The molecule has 1 atom stereocenters. The average Bonchev–Trinajstić information content (AvgIpc) is 3.53. The molecule has 1 saturated carbocycles. The van der Waals surface area contributed by atoms with Crippen molar-refractivity contribution in [2.75, 3.05) is 13.7 Å². The van der Waals surface area contributed by atoms with Gasteiger partial charge in [-0.3, -0.25) is 9.83 Å². The normalized spacial score (nSPS) is 18.3. The van der Waals surface area contributed by atoms with Crippen LogP contribution in [-0.4, -0.2) is 43.6 Å². The third-order valence-electron chi connectivity index (χ3n) is 6.23. The lowest BCUT2D eigenvalue weighted by Gasteiger charge is -2.22. The van der Waals surface area contributed by atoms with E-state index in [1.165, 1.54) is 18.4 Å². The molecule has 1 unspecified atom stereocenters. The summed E-state index contributed by atoms with van der Waals surface area (Å²) in [7, 11) is 3.63. The largest absolute Gasteiger partial charge is 0.479 e. The minimum Gasteiger partial charge on any atom is -0.479 e. The zero-order chi connectivity index (χ0) is 22.5. The van der Waals surface area contributed by atoms with Crippen LogP contribution in [0.5, 0.6) is 5.88 Å². The maximum Gasteiger partial charge on any atom is 0.238 e. The molecule has 0 saturated heterocycles. The predicted octanol–water partition coefficient (Wildman–Crippen LogP) is 3.37. The molecule has 33 heavy (non-hydrogen) atoms. The number of hydroxylamine groups is 1. The molecule has 0 aromatic carbocycles. The van der Waals surface area contributed by atoms with Crippen LogP contribution in [0.4, 0.5) is 0 Å². The molecule has 0 amide bonds. The van der Waals surface area contributed by atoms with Crippen LogP contribution in [0.25, 0.3) is 16.7 Å². The number of aromatic nitrogens is 5. The number of hydrogen-bond acceptors (Lipinski definition) is 7. The predicted molar refractivity (Wildman–Crippen MR) is 124 cm³/mol.